The Labute approximate surface area is 178 Å². The van der Waals surface area contributed by atoms with E-state index in [9.17, 15) is 9.59 Å². The molecule has 3 aromatic rings. The van der Waals surface area contributed by atoms with Gasteiger partial charge in [0.25, 0.3) is 0 Å². The van der Waals surface area contributed by atoms with Crippen molar-refractivity contribution in [2.75, 3.05) is 12.9 Å². The molecule has 1 atom stereocenters. The normalized spacial score (nSPS) is 11.8. The molecular formula is C21H23N3O3S2. The number of thioether (sulfide) groups is 1. The van der Waals surface area contributed by atoms with Gasteiger partial charge in [0.1, 0.15) is 0 Å². The molecule has 2 aromatic heterocycles. The third-order valence-corrected chi connectivity index (χ3v) is 6.55. The number of carbonyl (C=O) groups is 2. The van der Waals surface area contributed by atoms with Gasteiger partial charge in [0.2, 0.25) is 5.91 Å². The number of rotatable bonds is 8. The zero-order valence-corrected chi connectivity index (χ0v) is 18.2. The predicted octanol–water partition coefficient (Wildman–Crippen LogP) is 4.06. The Balaban J connectivity index is 1.67. The van der Waals surface area contributed by atoms with E-state index < -0.39 is 6.04 Å². The van der Waals surface area contributed by atoms with Crippen LogP contribution in [0.25, 0.3) is 5.69 Å². The SMILES string of the molecule is COC(=O)CC(NC(=O)CSc1nccn1-c1cccc(C)c1C)c1cccs1. The van der Waals surface area contributed by atoms with Crippen molar-refractivity contribution in [3.8, 4) is 5.69 Å². The summed E-state index contributed by atoms with van der Waals surface area (Å²) in [6.07, 6.45) is 3.73. The van der Waals surface area contributed by atoms with Gasteiger partial charge < -0.3 is 10.1 Å². The van der Waals surface area contributed by atoms with Crippen LogP contribution in [-0.2, 0) is 14.3 Å². The van der Waals surface area contributed by atoms with Gasteiger partial charge in [-0.2, -0.15) is 0 Å². The van der Waals surface area contributed by atoms with E-state index in [1.165, 1.54) is 41.3 Å². The van der Waals surface area contributed by atoms with Crippen molar-refractivity contribution in [3.05, 3.63) is 64.1 Å². The lowest BCUT2D eigenvalue weighted by Crippen LogP contribution is -2.31. The first-order chi connectivity index (χ1) is 14.0. The van der Waals surface area contributed by atoms with Gasteiger partial charge in [-0.1, -0.05) is 30.0 Å². The standard InChI is InChI=1S/C21H23N3O3S2/c1-14-6-4-7-17(15(14)2)24-10-9-22-21(24)29-13-19(25)23-16(12-20(26)27-3)18-8-5-11-28-18/h4-11,16H,12-13H2,1-3H3,(H,23,25). The summed E-state index contributed by atoms with van der Waals surface area (Å²) in [5.41, 5.74) is 3.42. The van der Waals surface area contributed by atoms with Gasteiger partial charge in [-0.15, -0.1) is 11.3 Å². The molecule has 0 aliphatic rings. The molecule has 0 aliphatic carbocycles. The lowest BCUT2D eigenvalue weighted by atomic mass is 10.1. The van der Waals surface area contributed by atoms with Crippen LogP contribution in [0.2, 0.25) is 0 Å². The van der Waals surface area contributed by atoms with Gasteiger partial charge >= 0.3 is 5.97 Å². The highest BCUT2D eigenvalue weighted by molar-refractivity contribution is 7.99. The predicted molar refractivity (Wildman–Crippen MR) is 116 cm³/mol. The van der Waals surface area contributed by atoms with Crippen LogP contribution in [0.4, 0.5) is 0 Å². The second-order valence-electron chi connectivity index (χ2n) is 6.50. The Kier molecular flexibility index (Phi) is 7.11. The number of carbonyl (C=O) groups excluding carboxylic acids is 2. The molecule has 2 heterocycles. The van der Waals surface area contributed by atoms with Crippen molar-refractivity contribution in [1.82, 2.24) is 14.9 Å². The molecule has 1 unspecified atom stereocenters. The second kappa shape index (κ2) is 9.76. The first kappa shape index (κ1) is 21.1. The van der Waals surface area contributed by atoms with E-state index in [1.807, 2.05) is 40.4 Å². The molecule has 1 amide bonds. The second-order valence-corrected chi connectivity index (χ2v) is 8.43. The van der Waals surface area contributed by atoms with Gasteiger partial charge in [0, 0.05) is 17.3 Å². The first-order valence-corrected chi connectivity index (χ1v) is 11.0. The fraction of sp³-hybridized carbons (Fsp3) is 0.286. The quantitative estimate of drug-likeness (QED) is 0.432. The van der Waals surface area contributed by atoms with E-state index in [-0.39, 0.29) is 24.1 Å². The Morgan fingerprint density at radius 1 is 1.28 bits per heavy atom. The van der Waals surface area contributed by atoms with Gasteiger partial charge in [0.05, 0.1) is 31.0 Å². The average Bonchev–Trinajstić information content (AvgIpc) is 3.40. The molecule has 0 fully saturated rings. The van der Waals surface area contributed by atoms with Crippen molar-refractivity contribution >= 4 is 35.0 Å². The molecule has 3 rings (SSSR count). The third-order valence-electron chi connectivity index (χ3n) is 4.60. The number of nitrogens with one attached hydrogen (secondary N) is 1. The number of amides is 1. The molecule has 0 spiro atoms. The molecule has 0 saturated heterocycles. The highest BCUT2D eigenvalue weighted by Crippen LogP contribution is 2.25. The van der Waals surface area contributed by atoms with Gasteiger partial charge in [-0.25, -0.2) is 4.98 Å². The third kappa shape index (κ3) is 5.27. The molecule has 0 saturated carbocycles. The number of imidazole rings is 1. The number of nitrogens with zero attached hydrogens (tertiary/aromatic N) is 2. The summed E-state index contributed by atoms with van der Waals surface area (Å²) in [6.45, 7) is 4.15. The van der Waals surface area contributed by atoms with Crippen molar-refractivity contribution in [2.45, 2.75) is 31.5 Å². The monoisotopic (exact) mass is 429 g/mol. The molecule has 6 nitrogen and oxygen atoms in total. The number of hydrogen-bond acceptors (Lipinski definition) is 6. The Morgan fingerprint density at radius 3 is 2.83 bits per heavy atom. The van der Waals surface area contributed by atoms with Crippen LogP contribution in [0, 0.1) is 13.8 Å². The maximum absolute atomic E-state index is 12.6. The number of esters is 1. The number of ether oxygens (including phenoxy) is 1. The largest absolute Gasteiger partial charge is 0.469 e. The minimum atomic E-state index is -0.394. The van der Waals surface area contributed by atoms with Crippen LogP contribution < -0.4 is 5.32 Å². The summed E-state index contributed by atoms with van der Waals surface area (Å²) in [6, 6.07) is 9.52. The molecule has 0 radical (unpaired) electrons. The molecular weight excluding hydrogens is 406 g/mol. The van der Waals surface area contributed by atoms with E-state index in [4.69, 9.17) is 4.74 Å². The molecule has 0 bridgehead atoms. The number of benzene rings is 1. The number of aromatic nitrogens is 2. The molecule has 29 heavy (non-hydrogen) atoms. The van der Waals surface area contributed by atoms with Gasteiger partial charge in [-0.3, -0.25) is 14.2 Å². The number of aryl methyl sites for hydroxylation is 1. The van der Waals surface area contributed by atoms with E-state index in [0.29, 0.717) is 0 Å². The summed E-state index contributed by atoms with van der Waals surface area (Å²) in [5, 5.41) is 5.60. The Morgan fingerprint density at radius 2 is 2.10 bits per heavy atom. The highest BCUT2D eigenvalue weighted by atomic mass is 32.2. The fourth-order valence-corrected chi connectivity index (χ4v) is 4.46. The molecule has 8 heteroatoms. The average molecular weight is 430 g/mol. The fourth-order valence-electron chi connectivity index (χ4n) is 2.90. The maximum Gasteiger partial charge on any atom is 0.307 e. The smallest absolute Gasteiger partial charge is 0.307 e. The lowest BCUT2D eigenvalue weighted by molar-refractivity contribution is -0.141. The molecule has 0 aliphatic heterocycles. The zero-order chi connectivity index (χ0) is 20.8. The van der Waals surface area contributed by atoms with Gasteiger partial charge in [-0.05, 0) is 42.5 Å². The van der Waals surface area contributed by atoms with Crippen LogP contribution in [0.3, 0.4) is 0 Å². The van der Waals surface area contributed by atoms with Crippen molar-refractivity contribution < 1.29 is 14.3 Å². The van der Waals surface area contributed by atoms with E-state index in [1.54, 1.807) is 6.20 Å². The topological polar surface area (TPSA) is 73.2 Å². The van der Waals surface area contributed by atoms with Crippen LogP contribution >= 0.6 is 23.1 Å². The highest BCUT2D eigenvalue weighted by Gasteiger charge is 2.20. The summed E-state index contributed by atoms with van der Waals surface area (Å²) in [7, 11) is 1.35. The molecule has 152 valence electrons. The number of hydrogen-bond donors (Lipinski definition) is 1. The maximum atomic E-state index is 12.6. The summed E-state index contributed by atoms with van der Waals surface area (Å²) < 4.78 is 6.75. The van der Waals surface area contributed by atoms with Crippen LogP contribution in [-0.4, -0.2) is 34.3 Å². The first-order valence-electron chi connectivity index (χ1n) is 9.12. The summed E-state index contributed by atoms with van der Waals surface area (Å²) in [4.78, 5) is 29.6. The van der Waals surface area contributed by atoms with E-state index in [2.05, 4.69) is 30.2 Å². The van der Waals surface area contributed by atoms with Gasteiger partial charge in [0.15, 0.2) is 5.16 Å². The number of thiophene rings is 1. The molecule has 1 N–H and O–H groups in total. The van der Waals surface area contributed by atoms with Crippen LogP contribution in [0.1, 0.15) is 28.5 Å². The van der Waals surface area contributed by atoms with Crippen LogP contribution in [0.15, 0.2) is 53.3 Å². The number of methoxy groups -OCH3 is 1. The van der Waals surface area contributed by atoms with E-state index in [0.717, 1.165) is 15.7 Å². The van der Waals surface area contributed by atoms with Crippen molar-refractivity contribution in [1.29, 1.82) is 0 Å². The zero-order valence-electron chi connectivity index (χ0n) is 16.5. The summed E-state index contributed by atoms with van der Waals surface area (Å²) in [5.74, 6) is -0.320. The summed E-state index contributed by atoms with van der Waals surface area (Å²) >= 11 is 2.86. The van der Waals surface area contributed by atoms with Crippen LogP contribution in [0.5, 0.6) is 0 Å². The molecule has 1 aromatic carbocycles. The minimum Gasteiger partial charge on any atom is -0.469 e. The Bertz CT molecular complexity index is 983. The van der Waals surface area contributed by atoms with E-state index >= 15 is 0 Å². The Hall–Kier alpha value is -2.58. The minimum absolute atomic E-state index is 0.102. The lowest BCUT2D eigenvalue weighted by Gasteiger charge is -2.16. The van der Waals surface area contributed by atoms with Crippen molar-refractivity contribution in [2.24, 2.45) is 0 Å². The van der Waals surface area contributed by atoms with Crippen molar-refractivity contribution in [3.63, 3.8) is 0 Å².